The minimum atomic E-state index is -3.26. The van der Waals surface area contributed by atoms with Gasteiger partial charge in [-0.05, 0) is 48.5 Å². The molecule has 0 radical (unpaired) electrons. The molecule has 2 atom stereocenters. The van der Waals surface area contributed by atoms with E-state index < -0.39 is 27.7 Å². The molecule has 0 bridgehead atoms. The number of carbonyl (C=O) groups is 1. The average molecular weight is 381 g/mol. The second kappa shape index (κ2) is 5.71. The number of halogens is 2. The maximum absolute atomic E-state index is 13.2. The average Bonchev–Trinajstić information content (AvgIpc) is 2.99. The molecule has 2 heterocycles. The Balaban J connectivity index is 1.79. The summed E-state index contributed by atoms with van der Waals surface area (Å²) in [7, 11) is -3.26. The van der Waals surface area contributed by atoms with Gasteiger partial charge in [0.25, 0.3) is 0 Å². The van der Waals surface area contributed by atoms with Gasteiger partial charge in [0.1, 0.15) is 5.82 Å². The standard InChI is InChI=1S/C17H14ClFN2O3S/c18-11-1-5-13(6-2-11)20-15-9-25(23,24)10-16(15)21(17(20)22)14-7-3-12(19)4-8-14/h1-8,15-16H,9-10H2/t15-,16-/m1/s1. The molecule has 2 aliphatic rings. The first-order chi connectivity index (χ1) is 11.9. The summed E-state index contributed by atoms with van der Waals surface area (Å²) in [6.45, 7) is 0. The van der Waals surface area contributed by atoms with Crippen molar-refractivity contribution in [1.29, 1.82) is 0 Å². The van der Waals surface area contributed by atoms with Crippen LogP contribution >= 0.6 is 11.6 Å². The number of benzene rings is 2. The number of hydrogen-bond donors (Lipinski definition) is 0. The quantitative estimate of drug-likeness (QED) is 0.752. The molecule has 0 unspecified atom stereocenters. The van der Waals surface area contributed by atoms with Gasteiger partial charge in [-0.3, -0.25) is 9.80 Å². The zero-order valence-corrected chi connectivity index (χ0v) is 14.5. The second-order valence-corrected chi connectivity index (χ2v) is 8.78. The summed E-state index contributed by atoms with van der Waals surface area (Å²) >= 11 is 5.91. The number of urea groups is 1. The summed E-state index contributed by atoms with van der Waals surface area (Å²) in [6, 6.07) is 10.9. The maximum Gasteiger partial charge on any atom is 0.329 e. The van der Waals surface area contributed by atoms with Crippen LogP contribution in [0.4, 0.5) is 20.6 Å². The van der Waals surface area contributed by atoms with Gasteiger partial charge in [-0.2, -0.15) is 0 Å². The Morgan fingerprint density at radius 2 is 1.32 bits per heavy atom. The third-order valence-electron chi connectivity index (χ3n) is 4.58. The van der Waals surface area contributed by atoms with Crippen molar-refractivity contribution in [3.05, 3.63) is 59.4 Å². The van der Waals surface area contributed by atoms with Crippen molar-refractivity contribution in [3.8, 4) is 0 Å². The number of fused-ring (bicyclic) bond motifs is 1. The Morgan fingerprint density at radius 1 is 0.880 bits per heavy atom. The van der Waals surface area contributed by atoms with E-state index in [-0.39, 0.29) is 17.5 Å². The van der Waals surface area contributed by atoms with Crippen molar-refractivity contribution in [3.63, 3.8) is 0 Å². The minimum Gasteiger partial charge on any atom is -0.288 e. The van der Waals surface area contributed by atoms with Gasteiger partial charge in [0.2, 0.25) is 0 Å². The van der Waals surface area contributed by atoms with Gasteiger partial charge in [0, 0.05) is 16.4 Å². The van der Waals surface area contributed by atoms with Crippen LogP contribution in [0.15, 0.2) is 48.5 Å². The van der Waals surface area contributed by atoms with Crippen molar-refractivity contribution in [1.82, 2.24) is 0 Å². The van der Waals surface area contributed by atoms with Crippen molar-refractivity contribution in [2.24, 2.45) is 0 Å². The van der Waals surface area contributed by atoms with E-state index in [0.29, 0.717) is 16.4 Å². The molecule has 5 nitrogen and oxygen atoms in total. The van der Waals surface area contributed by atoms with Crippen LogP contribution in [0.3, 0.4) is 0 Å². The van der Waals surface area contributed by atoms with Gasteiger partial charge in [-0.15, -0.1) is 0 Å². The van der Waals surface area contributed by atoms with E-state index in [1.807, 2.05) is 0 Å². The number of carbonyl (C=O) groups excluding carboxylic acids is 1. The van der Waals surface area contributed by atoms with E-state index in [9.17, 15) is 17.6 Å². The molecular weight excluding hydrogens is 367 g/mol. The van der Waals surface area contributed by atoms with Crippen LogP contribution in [0.2, 0.25) is 5.02 Å². The van der Waals surface area contributed by atoms with Crippen molar-refractivity contribution >= 4 is 38.8 Å². The number of anilines is 2. The fourth-order valence-electron chi connectivity index (χ4n) is 3.51. The lowest BCUT2D eigenvalue weighted by atomic mass is 10.1. The van der Waals surface area contributed by atoms with E-state index in [1.165, 1.54) is 34.1 Å². The summed E-state index contributed by atoms with van der Waals surface area (Å²) < 4.78 is 37.6. The Kier molecular flexibility index (Phi) is 3.73. The van der Waals surface area contributed by atoms with Gasteiger partial charge in [-0.1, -0.05) is 11.6 Å². The van der Waals surface area contributed by atoms with Gasteiger partial charge in [-0.25, -0.2) is 17.6 Å². The number of amides is 2. The molecule has 2 aromatic carbocycles. The van der Waals surface area contributed by atoms with Crippen molar-refractivity contribution < 1.29 is 17.6 Å². The van der Waals surface area contributed by atoms with Gasteiger partial charge >= 0.3 is 6.03 Å². The zero-order valence-electron chi connectivity index (χ0n) is 13.0. The minimum absolute atomic E-state index is 0.0935. The molecule has 25 heavy (non-hydrogen) atoms. The first-order valence-electron chi connectivity index (χ1n) is 7.70. The predicted octanol–water partition coefficient (Wildman–Crippen LogP) is 3.09. The molecule has 0 saturated carbocycles. The molecule has 2 aliphatic heterocycles. The van der Waals surface area contributed by atoms with Gasteiger partial charge in [0.15, 0.2) is 9.84 Å². The van der Waals surface area contributed by atoms with Crippen LogP contribution in [-0.4, -0.2) is 38.0 Å². The fourth-order valence-corrected chi connectivity index (χ4v) is 5.56. The molecule has 2 fully saturated rings. The zero-order chi connectivity index (χ0) is 17.8. The molecule has 0 spiro atoms. The van der Waals surface area contributed by atoms with Crippen LogP contribution < -0.4 is 9.80 Å². The molecule has 0 N–H and O–H groups in total. The first kappa shape index (κ1) is 16.4. The summed E-state index contributed by atoms with van der Waals surface area (Å²) in [5.74, 6) is -0.616. The molecule has 0 aromatic heterocycles. The lowest BCUT2D eigenvalue weighted by molar-refractivity contribution is 0.255. The smallest absolute Gasteiger partial charge is 0.288 e. The molecule has 2 amide bonds. The topological polar surface area (TPSA) is 57.7 Å². The van der Waals surface area contributed by atoms with Crippen LogP contribution in [0.5, 0.6) is 0 Å². The molecule has 4 rings (SSSR count). The fraction of sp³-hybridized carbons (Fsp3) is 0.235. The van der Waals surface area contributed by atoms with E-state index >= 15 is 0 Å². The monoisotopic (exact) mass is 380 g/mol. The summed E-state index contributed by atoms with van der Waals surface area (Å²) in [5, 5.41) is 0.529. The van der Waals surface area contributed by atoms with Crippen molar-refractivity contribution in [2.75, 3.05) is 21.3 Å². The van der Waals surface area contributed by atoms with Gasteiger partial charge in [0.05, 0.1) is 23.6 Å². The number of nitrogens with zero attached hydrogens (tertiary/aromatic N) is 2. The molecule has 2 saturated heterocycles. The summed E-state index contributed by atoms with van der Waals surface area (Å²) in [5.41, 5.74) is 1.07. The Bertz CT molecular complexity index is 862. The van der Waals surface area contributed by atoms with Crippen LogP contribution in [0.25, 0.3) is 0 Å². The highest BCUT2D eigenvalue weighted by Gasteiger charge is 2.54. The van der Waals surface area contributed by atoms with E-state index in [1.54, 1.807) is 24.3 Å². The maximum atomic E-state index is 13.2. The molecule has 130 valence electrons. The highest BCUT2D eigenvalue weighted by molar-refractivity contribution is 7.91. The highest BCUT2D eigenvalue weighted by atomic mass is 35.5. The van der Waals surface area contributed by atoms with Crippen LogP contribution in [0.1, 0.15) is 0 Å². The molecule has 2 aromatic rings. The lowest BCUT2D eigenvalue weighted by Crippen LogP contribution is -2.37. The normalized spacial score (nSPS) is 24.6. The second-order valence-electron chi connectivity index (χ2n) is 6.19. The predicted molar refractivity (Wildman–Crippen MR) is 94.4 cm³/mol. The number of hydrogen-bond acceptors (Lipinski definition) is 3. The lowest BCUT2D eigenvalue weighted by Gasteiger charge is -2.22. The van der Waals surface area contributed by atoms with Crippen molar-refractivity contribution in [2.45, 2.75) is 12.1 Å². The SMILES string of the molecule is O=C1N(c2ccc(F)cc2)[C@@H]2CS(=O)(=O)C[C@H]2N1c1ccc(Cl)cc1. The number of rotatable bonds is 2. The third-order valence-corrected chi connectivity index (χ3v) is 6.53. The highest BCUT2D eigenvalue weighted by Crippen LogP contribution is 2.38. The third kappa shape index (κ3) is 2.77. The van der Waals surface area contributed by atoms with E-state index in [4.69, 9.17) is 11.6 Å². The summed E-state index contributed by atoms with van der Waals surface area (Å²) in [4.78, 5) is 16.0. The largest absolute Gasteiger partial charge is 0.329 e. The Hall–Kier alpha value is -2.12. The Morgan fingerprint density at radius 3 is 1.80 bits per heavy atom. The molecule has 8 heteroatoms. The molecule has 0 aliphatic carbocycles. The number of sulfone groups is 1. The Labute approximate surface area is 149 Å². The first-order valence-corrected chi connectivity index (χ1v) is 9.90. The van der Waals surface area contributed by atoms with Crippen LogP contribution in [-0.2, 0) is 9.84 Å². The van der Waals surface area contributed by atoms with Crippen LogP contribution in [0, 0.1) is 5.82 Å². The van der Waals surface area contributed by atoms with E-state index in [0.717, 1.165) is 0 Å². The van der Waals surface area contributed by atoms with Gasteiger partial charge < -0.3 is 0 Å². The molecular formula is C17H14ClFN2O3S. The summed E-state index contributed by atoms with van der Waals surface area (Å²) in [6.07, 6.45) is 0. The van der Waals surface area contributed by atoms with E-state index in [2.05, 4.69) is 0 Å².